The third-order valence-corrected chi connectivity index (χ3v) is 0.879. The van der Waals surface area contributed by atoms with E-state index in [0.29, 0.717) is 6.61 Å². The van der Waals surface area contributed by atoms with E-state index in [1.54, 1.807) is 13.8 Å². The Balaban J connectivity index is 0. The van der Waals surface area contributed by atoms with Gasteiger partial charge in [0.15, 0.2) is 0 Å². The van der Waals surface area contributed by atoms with Gasteiger partial charge in [-0.25, -0.2) is 0 Å². The first-order valence-corrected chi connectivity index (χ1v) is 3.07. The van der Waals surface area contributed by atoms with Gasteiger partial charge >= 0.3 is 0 Å². The van der Waals surface area contributed by atoms with E-state index in [-0.39, 0.29) is 34.4 Å². The van der Waals surface area contributed by atoms with Crippen molar-refractivity contribution in [2.24, 2.45) is 0 Å². The van der Waals surface area contributed by atoms with Gasteiger partial charge in [0.2, 0.25) is 0 Å². The molecule has 0 aromatic rings. The zero-order valence-corrected chi connectivity index (χ0v) is 7.93. The van der Waals surface area contributed by atoms with Crippen LogP contribution in [0.4, 0.5) is 0 Å². The van der Waals surface area contributed by atoms with Gasteiger partial charge in [0.1, 0.15) is 0 Å². The minimum atomic E-state index is -0.445. The van der Waals surface area contributed by atoms with Crippen LogP contribution in [0.25, 0.3) is 0 Å². The van der Waals surface area contributed by atoms with Gasteiger partial charge in [-0.3, -0.25) is 0 Å². The van der Waals surface area contributed by atoms with Crippen molar-refractivity contribution in [3.05, 3.63) is 0 Å². The van der Waals surface area contributed by atoms with E-state index < -0.39 is 6.10 Å². The Morgan fingerprint density at radius 3 is 2.20 bits per heavy atom. The average molecular weight is 182 g/mol. The largest absolute Gasteiger partial charge is 0.394 e. The van der Waals surface area contributed by atoms with E-state index in [2.05, 4.69) is 0 Å². The van der Waals surface area contributed by atoms with Crippen molar-refractivity contribution in [1.29, 1.82) is 0 Å². The second kappa shape index (κ2) is 7.70. The maximum Gasteiger partial charge on any atom is 0.0779 e. The molecule has 0 fully saturated rings. The van der Waals surface area contributed by atoms with Crippen molar-refractivity contribution in [2.75, 3.05) is 13.2 Å². The number of hydrogen-bond acceptors (Lipinski definition) is 3. The van der Waals surface area contributed by atoms with Crippen molar-refractivity contribution < 1.29 is 36.7 Å². The number of ether oxygens (including phenoxy) is 1. The van der Waals surface area contributed by atoms with Crippen molar-refractivity contribution in [1.82, 2.24) is 0 Å². The summed E-state index contributed by atoms with van der Waals surface area (Å²) in [6, 6.07) is 0. The van der Waals surface area contributed by atoms with E-state index >= 15 is 0 Å². The molecule has 10 heavy (non-hydrogen) atoms. The minimum Gasteiger partial charge on any atom is -0.394 e. The quantitative estimate of drug-likeness (QED) is 0.590. The van der Waals surface area contributed by atoms with Crippen LogP contribution in [0.15, 0.2) is 0 Å². The molecule has 0 aliphatic carbocycles. The Kier molecular flexibility index (Phi) is 10.2. The molecule has 2 unspecified atom stereocenters. The molecule has 0 radical (unpaired) electrons. The van der Waals surface area contributed by atoms with Crippen LogP contribution < -0.4 is 0 Å². The van der Waals surface area contributed by atoms with Crippen molar-refractivity contribution in [3.8, 4) is 0 Å². The maximum absolute atomic E-state index is 8.69. The Morgan fingerprint density at radius 1 is 1.40 bits per heavy atom. The number of aliphatic hydroxyl groups excluding tert-OH is 2. The van der Waals surface area contributed by atoms with Crippen LogP contribution in [-0.2, 0) is 26.5 Å². The standard InChI is InChI=1S/C6H14O3.Ti/c1-5(8)4-9-6(2)3-7;/h5-8H,3-4H2,1-2H3;. The Bertz CT molecular complexity index is 68.0. The summed E-state index contributed by atoms with van der Waals surface area (Å²) in [6.45, 7) is 3.70. The molecule has 0 aromatic heterocycles. The zero-order valence-electron chi connectivity index (χ0n) is 6.37. The van der Waals surface area contributed by atoms with Gasteiger partial charge in [0, 0.05) is 21.7 Å². The number of rotatable bonds is 4. The van der Waals surface area contributed by atoms with Crippen LogP contribution in [-0.4, -0.2) is 35.6 Å². The Morgan fingerprint density at radius 2 is 1.90 bits per heavy atom. The fourth-order valence-electron chi connectivity index (χ4n) is 0.356. The first-order valence-electron chi connectivity index (χ1n) is 3.07. The maximum atomic E-state index is 8.69. The fourth-order valence-corrected chi connectivity index (χ4v) is 0.356. The van der Waals surface area contributed by atoms with Crippen molar-refractivity contribution in [3.63, 3.8) is 0 Å². The summed E-state index contributed by atoms with van der Waals surface area (Å²) in [5, 5.41) is 17.1. The summed E-state index contributed by atoms with van der Waals surface area (Å²) in [7, 11) is 0. The van der Waals surface area contributed by atoms with Gasteiger partial charge in [0.25, 0.3) is 0 Å². The van der Waals surface area contributed by atoms with E-state index in [4.69, 9.17) is 14.9 Å². The first kappa shape index (κ1) is 13.2. The van der Waals surface area contributed by atoms with Gasteiger partial charge < -0.3 is 14.9 Å². The van der Waals surface area contributed by atoms with E-state index in [1.807, 2.05) is 0 Å². The molecule has 2 N–H and O–H groups in total. The molecule has 60 valence electrons. The Hall–Kier alpha value is 0.594. The molecule has 0 saturated heterocycles. The molecule has 0 aliphatic heterocycles. The van der Waals surface area contributed by atoms with Crippen LogP contribution in [0.3, 0.4) is 0 Å². The monoisotopic (exact) mass is 182 g/mol. The molecular weight excluding hydrogens is 168 g/mol. The second-order valence-corrected chi connectivity index (χ2v) is 2.18. The second-order valence-electron chi connectivity index (χ2n) is 2.18. The fraction of sp³-hybridized carbons (Fsp3) is 1.00. The SMILES string of the molecule is CC(O)COC(C)CO.[Ti]. The average Bonchev–Trinajstić information content (AvgIpc) is 1.83. The molecule has 0 rings (SSSR count). The molecule has 0 amide bonds. The minimum absolute atomic E-state index is 0. The predicted octanol–water partition coefficient (Wildman–Crippen LogP) is -0.238. The van der Waals surface area contributed by atoms with Gasteiger partial charge in [-0.2, -0.15) is 0 Å². The summed E-state index contributed by atoms with van der Waals surface area (Å²) in [4.78, 5) is 0. The topological polar surface area (TPSA) is 49.7 Å². The molecule has 0 spiro atoms. The first-order chi connectivity index (χ1) is 4.16. The van der Waals surface area contributed by atoms with Gasteiger partial charge in [-0.05, 0) is 13.8 Å². The molecular formula is C6H14O3Ti. The predicted molar refractivity (Wildman–Crippen MR) is 34.2 cm³/mol. The van der Waals surface area contributed by atoms with Crippen LogP contribution in [0, 0.1) is 0 Å². The molecule has 0 aliphatic rings. The third kappa shape index (κ3) is 8.59. The van der Waals surface area contributed by atoms with Gasteiger partial charge in [-0.15, -0.1) is 0 Å². The van der Waals surface area contributed by atoms with E-state index in [1.165, 1.54) is 0 Å². The van der Waals surface area contributed by atoms with Crippen LogP contribution in [0.2, 0.25) is 0 Å². The zero-order chi connectivity index (χ0) is 7.28. The third-order valence-electron chi connectivity index (χ3n) is 0.879. The van der Waals surface area contributed by atoms with Crippen molar-refractivity contribution in [2.45, 2.75) is 26.1 Å². The van der Waals surface area contributed by atoms with Crippen molar-refractivity contribution >= 4 is 0 Å². The number of hydrogen-bond donors (Lipinski definition) is 2. The van der Waals surface area contributed by atoms with Crippen LogP contribution in [0.1, 0.15) is 13.8 Å². The summed E-state index contributed by atoms with van der Waals surface area (Å²) in [5.74, 6) is 0. The summed E-state index contributed by atoms with van der Waals surface area (Å²) >= 11 is 0. The van der Waals surface area contributed by atoms with E-state index in [0.717, 1.165) is 0 Å². The normalized spacial score (nSPS) is 15.6. The molecule has 2 atom stereocenters. The summed E-state index contributed by atoms with van der Waals surface area (Å²) < 4.78 is 4.95. The van der Waals surface area contributed by atoms with Crippen LogP contribution >= 0.6 is 0 Å². The van der Waals surface area contributed by atoms with E-state index in [9.17, 15) is 0 Å². The molecule has 0 saturated carbocycles. The summed E-state index contributed by atoms with van der Waals surface area (Å²) in [6.07, 6.45) is -0.612. The Labute approximate surface area is 76.3 Å². The van der Waals surface area contributed by atoms with Gasteiger partial charge in [0.05, 0.1) is 25.4 Å². The number of aliphatic hydroxyl groups is 2. The smallest absolute Gasteiger partial charge is 0.0779 e. The molecule has 3 nitrogen and oxygen atoms in total. The molecule has 0 heterocycles. The van der Waals surface area contributed by atoms with Gasteiger partial charge in [-0.1, -0.05) is 0 Å². The summed E-state index contributed by atoms with van der Waals surface area (Å²) in [5.41, 5.74) is 0. The molecule has 0 aromatic carbocycles. The molecule has 0 bridgehead atoms. The van der Waals surface area contributed by atoms with Crippen LogP contribution in [0.5, 0.6) is 0 Å². The molecule has 4 heteroatoms.